The minimum absolute atomic E-state index is 0.000741. The SMILES string of the molecule is CCOC(=O)C(=O)N1CCc2ccc(OCC(=O)N3CCc4nc5cc(C(F)(F)F)ccn5c4C3c3cc(OC)c(OC)cc3F)cc2C1. The van der Waals surface area contributed by atoms with E-state index in [0.717, 1.165) is 29.3 Å². The first-order valence-electron chi connectivity index (χ1n) is 15.4. The Balaban J connectivity index is 1.31. The normalized spacial score (nSPS) is 15.8. The van der Waals surface area contributed by atoms with Gasteiger partial charge in [-0.1, -0.05) is 6.07 Å². The lowest BCUT2D eigenvalue weighted by Gasteiger charge is -2.36. The number of rotatable bonds is 7. The van der Waals surface area contributed by atoms with Crippen LogP contribution in [0.3, 0.4) is 0 Å². The van der Waals surface area contributed by atoms with Crippen LogP contribution in [0.4, 0.5) is 17.6 Å². The van der Waals surface area contributed by atoms with E-state index in [0.29, 0.717) is 30.1 Å². The van der Waals surface area contributed by atoms with Crippen molar-refractivity contribution >= 4 is 23.4 Å². The number of nitrogens with zero attached hydrogens (tertiary/aromatic N) is 4. The van der Waals surface area contributed by atoms with E-state index in [-0.39, 0.29) is 48.8 Å². The zero-order valence-corrected chi connectivity index (χ0v) is 26.8. The molecule has 0 N–H and O–H groups in total. The second-order valence-electron chi connectivity index (χ2n) is 11.5. The topological polar surface area (TPSA) is 112 Å². The summed E-state index contributed by atoms with van der Waals surface area (Å²) in [5.74, 6) is -2.29. The fourth-order valence-electron chi connectivity index (χ4n) is 6.28. The van der Waals surface area contributed by atoms with E-state index in [9.17, 15) is 27.6 Å². The van der Waals surface area contributed by atoms with Crippen molar-refractivity contribution in [3.05, 3.63) is 88.1 Å². The largest absolute Gasteiger partial charge is 0.493 e. The molecule has 2 aromatic heterocycles. The summed E-state index contributed by atoms with van der Waals surface area (Å²) in [6, 6.07) is 8.42. The maximum atomic E-state index is 15.8. The van der Waals surface area contributed by atoms with E-state index in [1.165, 1.54) is 40.7 Å². The number of aromatic nitrogens is 2. The number of esters is 1. The van der Waals surface area contributed by atoms with Crippen LogP contribution in [0, 0.1) is 5.82 Å². The van der Waals surface area contributed by atoms with Gasteiger partial charge in [0.05, 0.1) is 37.8 Å². The molecule has 258 valence electrons. The lowest BCUT2D eigenvalue weighted by molar-refractivity contribution is -0.160. The van der Waals surface area contributed by atoms with Crippen molar-refractivity contribution in [2.75, 3.05) is 40.5 Å². The number of carbonyl (C=O) groups excluding carboxylic acids is 3. The molecule has 2 aliphatic heterocycles. The lowest BCUT2D eigenvalue weighted by atomic mass is 9.94. The van der Waals surface area contributed by atoms with Crippen molar-refractivity contribution in [1.82, 2.24) is 19.2 Å². The molecule has 0 saturated carbocycles. The van der Waals surface area contributed by atoms with Gasteiger partial charge >= 0.3 is 18.1 Å². The first kappa shape index (κ1) is 33.6. The van der Waals surface area contributed by atoms with Gasteiger partial charge in [0.15, 0.2) is 18.1 Å². The molecule has 4 heterocycles. The molecule has 49 heavy (non-hydrogen) atoms. The molecule has 4 aromatic rings. The van der Waals surface area contributed by atoms with Crippen LogP contribution in [0.25, 0.3) is 5.65 Å². The highest BCUT2D eigenvalue weighted by Crippen LogP contribution is 2.41. The van der Waals surface area contributed by atoms with Crippen molar-refractivity contribution in [1.29, 1.82) is 0 Å². The van der Waals surface area contributed by atoms with E-state index in [2.05, 4.69) is 4.98 Å². The third-order valence-electron chi connectivity index (χ3n) is 8.63. The summed E-state index contributed by atoms with van der Waals surface area (Å²) >= 11 is 0. The molecule has 0 aliphatic carbocycles. The maximum Gasteiger partial charge on any atom is 0.416 e. The third-order valence-corrected chi connectivity index (χ3v) is 8.63. The van der Waals surface area contributed by atoms with Crippen LogP contribution >= 0.6 is 0 Å². The van der Waals surface area contributed by atoms with Crippen LogP contribution in [0.5, 0.6) is 17.2 Å². The van der Waals surface area contributed by atoms with Crippen LogP contribution in [0.1, 0.15) is 46.6 Å². The second kappa shape index (κ2) is 13.3. The van der Waals surface area contributed by atoms with Crippen molar-refractivity contribution in [3.8, 4) is 17.2 Å². The Morgan fingerprint density at radius 1 is 0.959 bits per heavy atom. The van der Waals surface area contributed by atoms with Gasteiger partial charge in [-0.15, -0.1) is 0 Å². The molecule has 0 fully saturated rings. The van der Waals surface area contributed by atoms with E-state index >= 15 is 4.39 Å². The Hall–Kier alpha value is -5.34. The zero-order valence-electron chi connectivity index (χ0n) is 26.8. The van der Waals surface area contributed by atoms with E-state index < -0.39 is 48.0 Å². The van der Waals surface area contributed by atoms with E-state index in [4.69, 9.17) is 18.9 Å². The second-order valence-corrected chi connectivity index (χ2v) is 11.5. The number of alkyl halides is 3. The van der Waals surface area contributed by atoms with Crippen LogP contribution in [-0.2, 0) is 44.7 Å². The van der Waals surface area contributed by atoms with Gasteiger partial charge in [0.2, 0.25) is 0 Å². The number of amides is 2. The molecule has 2 aliphatic rings. The van der Waals surface area contributed by atoms with Gasteiger partial charge < -0.3 is 33.1 Å². The molecule has 0 bridgehead atoms. The summed E-state index contributed by atoms with van der Waals surface area (Å²) in [7, 11) is 2.72. The molecular weight excluding hydrogens is 652 g/mol. The first-order chi connectivity index (χ1) is 23.4. The smallest absolute Gasteiger partial charge is 0.416 e. The molecule has 0 saturated heterocycles. The predicted molar refractivity (Wildman–Crippen MR) is 165 cm³/mol. The van der Waals surface area contributed by atoms with Crippen LogP contribution in [0.2, 0.25) is 0 Å². The van der Waals surface area contributed by atoms with Gasteiger partial charge in [0, 0.05) is 43.9 Å². The van der Waals surface area contributed by atoms with Gasteiger partial charge in [-0.2, -0.15) is 13.2 Å². The monoisotopic (exact) mass is 684 g/mol. The Morgan fingerprint density at radius 2 is 1.71 bits per heavy atom. The molecule has 2 aromatic carbocycles. The standard InChI is InChI=1S/C34H32F4N4O7/c1-4-48-33(45)32(44)40-10-7-19-5-6-22(13-20(19)17-40)49-18-29(43)42-12-9-25-31(41-11-8-21(34(36,37)38)14-28(41)39-25)30(42)23-15-26(46-2)27(47-3)16-24(23)35/h5-6,8,11,13-16,30H,4,7,9-10,12,17-18H2,1-3H3. The maximum absolute atomic E-state index is 15.8. The number of benzene rings is 2. The number of pyridine rings is 1. The average molecular weight is 685 g/mol. The molecule has 0 radical (unpaired) electrons. The highest BCUT2D eigenvalue weighted by molar-refractivity contribution is 6.32. The minimum atomic E-state index is -4.60. The fourth-order valence-corrected chi connectivity index (χ4v) is 6.28. The molecule has 15 heteroatoms. The van der Waals surface area contributed by atoms with Gasteiger partial charge in [-0.05, 0) is 54.8 Å². The average Bonchev–Trinajstić information content (AvgIpc) is 3.47. The molecular formula is C34H32F4N4O7. The van der Waals surface area contributed by atoms with Crippen molar-refractivity contribution in [2.24, 2.45) is 0 Å². The van der Waals surface area contributed by atoms with Crippen molar-refractivity contribution in [2.45, 2.75) is 38.5 Å². The Bertz CT molecular complexity index is 1940. The number of fused-ring (bicyclic) bond motifs is 4. The van der Waals surface area contributed by atoms with E-state index in [1.807, 2.05) is 6.07 Å². The van der Waals surface area contributed by atoms with Crippen LogP contribution in [-0.4, -0.2) is 77.5 Å². The number of methoxy groups -OCH3 is 2. The van der Waals surface area contributed by atoms with Gasteiger partial charge in [-0.25, -0.2) is 14.2 Å². The Morgan fingerprint density at radius 3 is 2.43 bits per heavy atom. The third kappa shape index (κ3) is 6.44. The van der Waals surface area contributed by atoms with Gasteiger partial charge in [0.25, 0.3) is 5.91 Å². The number of ether oxygens (including phenoxy) is 4. The quantitative estimate of drug-likeness (QED) is 0.159. The van der Waals surface area contributed by atoms with E-state index in [1.54, 1.807) is 19.1 Å². The number of carbonyl (C=O) groups is 3. The number of hydrogen-bond acceptors (Lipinski definition) is 8. The Labute approximate surface area is 277 Å². The Kier molecular flexibility index (Phi) is 9.10. The highest BCUT2D eigenvalue weighted by Gasteiger charge is 2.39. The lowest BCUT2D eigenvalue weighted by Crippen LogP contribution is -2.43. The fraction of sp³-hybridized carbons (Fsp3) is 0.353. The highest BCUT2D eigenvalue weighted by atomic mass is 19.4. The summed E-state index contributed by atoms with van der Waals surface area (Å²) in [5, 5.41) is 0. The summed E-state index contributed by atoms with van der Waals surface area (Å²) in [6.45, 7) is 1.79. The van der Waals surface area contributed by atoms with Gasteiger partial charge in [0.1, 0.15) is 23.3 Å². The molecule has 2 amide bonds. The van der Waals surface area contributed by atoms with Crippen LogP contribution in [0.15, 0.2) is 48.7 Å². The number of imidazole rings is 1. The summed E-state index contributed by atoms with van der Waals surface area (Å²) < 4.78 is 79.3. The predicted octanol–water partition coefficient (Wildman–Crippen LogP) is 4.51. The summed E-state index contributed by atoms with van der Waals surface area (Å²) in [4.78, 5) is 45.6. The molecule has 6 rings (SSSR count). The van der Waals surface area contributed by atoms with Gasteiger partial charge in [-0.3, -0.25) is 9.59 Å². The number of halogens is 4. The van der Waals surface area contributed by atoms with Crippen LogP contribution < -0.4 is 14.2 Å². The molecule has 1 atom stereocenters. The first-order valence-corrected chi connectivity index (χ1v) is 15.4. The van der Waals surface area contributed by atoms with Crippen molar-refractivity contribution < 1.29 is 50.9 Å². The molecule has 11 nitrogen and oxygen atoms in total. The molecule has 0 spiro atoms. The zero-order chi connectivity index (χ0) is 35.0. The number of hydrogen-bond donors (Lipinski definition) is 0. The van der Waals surface area contributed by atoms with Crippen molar-refractivity contribution in [3.63, 3.8) is 0 Å². The summed E-state index contributed by atoms with van der Waals surface area (Å²) in [5.41, 5.74) is 1.58. The minimum Gasteiger partial charge on any atom is -0.493 e. The summed E-state index contributed by atoms with van der Waals surface area (Å²) in [6.07, 6.45) is -2.69. The molecule has 1 unspecified atom stereocenters.